The van der Waals surface area contributed by atoms with E-state index in [1.165, 1.54) is 12.1 Å². The summed E-state index contributed by atoms with van der Waals surface area (Å²) in [5, 5.41) is 24.3. The van der Waals surface area contributed by atoms with Crippen molar-refractivity contribution in [2.24, 2.45) is 7.05 Å². The van der Waals surface area contributed by atoms with E-state index in [1.807, 2.05) is 6.92 Å². The highest BCUT2D eigenvalue weighted by atomic mass is 79.9. The van der Waals surface area contributed by atoms with Gasteiger partial charge in [-0.1, -0.05) is 6.07 Å². The molecular weight excluding hydrogens is 342 g/mol. The third-order valence-corrected chi connectivity index (χ3v) is 4.06. The number of hydrogen-bond donors (Lipinski definition) is 1. The van der Waals surface area contributed by atoms with Crippen molar-refractivity contribution in [3.8, 4) is 5.75 Å². The normalized spacial score (nSPS) is 10.7. The van der Waals surface area contributed by atoms with E-state index in [0.717, 1.165) is 15.9 Å². The van der Waals surface area contributed by atoms with Gasteiger partial charge in [0.25, 0.3) is 0 Å². The second kappa shape index (κ2) is 6.23. The van der Waals surface area contributed by atoms with E-state index in [9.17, 15) is 10.1 Å². The van der Waals surface area contributed by atoms with Gasteiger partial charge in [0.05, 0.1) is 27.4 Å². The molecule has 112 valence electrons. The fraction of sp³-hybridized carbons (Fsp3) is 0.308. The highest BCUT2D eigenvalue weighted by molar-refractivity contribution is 9.10. The Morgan fingerprint density at radius 2 is 2.24 bits per heavy atom. The molecule has 0 spiro atoms. The molecule has 2 aromatic rings. The van der Waals surface area contributed by atoms with E-state index in [4.69, 9.17) is 9.84 Å². The Labute approximate surface area is 129 Å². The number of hydrogen-bond acceptors (Lipinski definition) is 5. The molecule has 1 heterocycles. The predicted octanol–water partition coefficient (Wildman–Crippen LogP) is 2.47. The highest BCUT2D eigenvalue weighted by Gasteiger charge is 2.18. The summed E-state index contributed by atoms with van der Waals surface area (Å²) in [6.07, 6.45) is 0. The van der Waals surface area contributed by atoms with Crippen LogP contribution in [0.3, 0.4) is 0 Å². The first kappa shape index (κ1) is 15.5. The summed E-state index contributed by atoms with van der Waals surface area (Å²) in [5.74, 6) is 0.156. The average Bonchev–Trinajstić information content (AvgIpc) is 2.70. The molecule has 2 rings (SSSR count). The number of aromatic nitrogens is 2. The molecule has 0 amide bonds. The largest absolute Gasteiger partial charge is 0.480 e. The van der Waals surface area contributed by atoms with Crippen LogP contribution in [0.4, 0.5) is 5.69 Å². The Hall–Kier alpha value is -1.93. The molecule has 0 atom stereocenters. The van der Waals surface area contributed by atoms with Gasteiger partial charge in [-0.3, -0.25) is 14.8 Å². The topological polar surface area (TPSA) is 90.4 Å². The lowest BCUT2D eigenvalue weighted by atomic mass is 10.2. The maximum absolute atomic E-state index is 11.1. The minimum Gasteiger partial charge on any atom is -0.480 e. The van der Waals surface area contributed by atoms with Crippen molar-refractivity contribution in [3.63, 3.8) is 0 Å². The summed E-state index contributed by atoms with van der Waals surface area (Å²) in [7, 11) is 1.78. The van der Waals surface area contributed by atoms with Crippen molar-refractivity contribution in [3.05, 3.63) is 49.7 Å². The number of aliphatic hydroxyl groups is 1. The number of aryl methyl sites for hydroxylation is 2. The van der Waals surface area contributed by atoms with Crippen LogP contribution in [0.15, 0.2) is 22.7 Å². The number of ether oxygens (including phenoxy) is 1. The van der Waals surface area contributed by atoms with Gasteiger partial charge in [-0.05, 0) is 34.5 Å². The van der Waals surface area contributed by atoms with Crippen LogP contribution in [0, 0.1) is 17.0 Å². The first-order valence-corrected chi connectivity index (χ1v) is 6.92. The van der Waals surface area contributed by atoms with Crippen LogP contribution < -0.4 is 4.74 Å². The molecule has 1 N–H and O–H groups in total. The Bertz CT molecular complexity index is 684. The van der Waals surface area contributed by atoms with E-state index in [2.05, 4.69) is 21.0 Å². The molecule has 1 aromatic heterocycles. The van der Waals surface area contributed by atoms with Gasteiger partial charge in [0.1, 0.15) is 6.61 Å². The minimum atomic E-state index is -0.530. The summed E-state index contributed by atoms with van der Waals surface area (Å²) >= 11 is 3.41. The van der Waals surface area contributed by atoms with Crippen molar-refractivity contribution < 1.29 is 14.8 Å². The lowest BCUT2D eigenvalue weighted by molar-refractivity contribution is -0.386. The molecule has 0 unspecified atom stereocenters. The molecule has 1 aromatic carbocycles. The van der Waals surface area contributed by atoms with Gasteiger partial charge in [-0.25, -0.2) is 0 Å². The molecular formula is C13H14BrN3O4. The van der Waals surface area contributed by atoms with Crippen LogP contribution in [-0.2, 0) is 20.3 Å². The van der Waals surface area contributed by atoms with Gasteiger partial charge in [0, 0.05) is 13.1 Å². The van der Waals surface area contributed by atoms with Gasteiger partial charge in [-0.2, -0.15) is 5.10 Å². The molecule has 21 heavy (non-hydrogen) atoms. The van der Waals surface area contributed by atoms with Crippen LogP contribution in [0.1, 0.15) is 17.0 Å². The number of benzene rings is 1. The van der Waals surface area contributed by atoms with Crippen molar-refractivity contribution in [2.75, 3.05) is 0 Å². The summed E-state index contributed by atoms with van der Waals surface area (Å²) in [6.45, 7) is 1.75. The summed E-state index contributed by atoms with van der Waals surface area (Å²) in [5.41, 5.74) is 1.90. The Balaban J connectivity index is 2.25. The predicted molar refractivity (Wildman–Crippen MR) is 79.0 cm³/mol. The SMILES string of the molecule is Cc1nn(C)c(COc2ccc(CO)cc2[N+](=O)[O-])c1Br. The van der Waals surface area contributed by atoms with Gasteiger partial charge >= 0.3 is 5.69 Å². The maximum atomic E-state index is 11.1. The fourth-order valence-corrected chi connectivity index (χ4v) is 2.36. The molecule has 0 radical (unpaired) electrons. The van der Waals surface area contributed by atoms with Crippen LogP contribution in [-0.4, -0.2) is 19.8 Å². The summed E-state index contributed by atoms with van der Waals surface area (Å²) in [6, 6.07) is 4.38. The lowest BCUT2D eigenvalue weighted by Crippen LogP contribution is -2.05. The Morgan fingerprint density at radius 3 is 2.76 bits per heavy atom. The Morgan fingerprint density at radius 1 is 1.52 bits per heavy atom. The van der Waals surface area contributed by atoms with Crippen molar-refractivity contribution in [1.29, 1.82) is 0 Å². The second-order valence-corrected chi connectivity index (χ2v) is 5.27. The molecule has 0 bridgehead atoms. The second-order valence-electron chi connectivity index (χ2n) is 4.48. The lowest BCUT2D eigenvalue weighted by Gasteiger charge is -2.08. The van der Waals surface area contributed by atoms with Crippen LogP contribution in [0.2, 0.25) is 0 Å². The minimum absolute atomic E-state index is 0.150. The molecule has 8 heteroatoms. The molecule has 7 nitrogen and oxygen atoms in total. The molecule has 0 aliphatic rings. The van der Waals surface area contributed by atoms with Crippen LogP contribution in [0.25, 0.3) is 0 Å². The zero-order valence-corrected chi connectivity index (χ0v) is 13.1. The molecule has 0 fully saturated rings. The van der Waals surface area contributed by atoms with Gasteiger partial charge in [-0.15, -0.1) is 0 Å². The van der Waals surface area contributed by atoms with E-state index in [1.54, 1.807) is 17.8 Å². The molecule has 0 saturated carbocycles. The molecule has 0 aliphatic carbocycles. The zero-order valence-electron chi connectivity index (χ0n) is 11.5. The van der Waals surface area contributed by atoms with E-state index in [-0.39, 0.29) is 24.7 Å². The number of halogens is 1. The first-order valence-electron chi connectivity index (χ1n) is 6.13. The van der Waals surface area contributed by atoms with E-state index in [0.29, 0.717) is 5.56 Å². The monoisotopic (exact) mass is 355 g/mol. The third-order valence-electron chi connectivity index (χ3n) is 3.03. The number of nitrogens with zero attached hydrogens (tertiary/aromatic N) is 3. The van der Waals surface area contributed by atoms with E-state index < -0.39 is 4.92 Å². The van der Waals surface area contributed by atoms with Gasteiger partial charge in [0.2, 0.25) is 0 Å². The molecule has 0 saturated heterocycles. The van der Waals surface area contributed by atoms with Crippen molar-refractivity contribution in [1.82, 2.24) is 9.78 Å². The maximum Gasteiger partial charge on any atom is 0.311 e. The zero-order chi connectivity index (χ0) is 15.6. The first-order chi connectivity index (χ1) is 9.93. The van der Waals surface area contributed by atoms with E-state index >= 15 is 0 Å². The van der Waals surface area contributed by atoms with Crippen molar-refractivity contribution in [2.45, 2.75) is 20.1 Å². The summed E-state index contributed by atoms with van der Waals surface area (Å²) < 4.78 is 8.02. The number of nitro groups is 1. The quantitative estimate of drug-likeness (QED) is 0.657. The van der Waals surface area contributed by atoms with Crippen molar-refractivity contribution >= 4 is 21.6 Å². The standard InChI is InChI=1S/C13H14BrN3O4/c1-8-13(14)11(16(2)15-8)7-21-12-4-3-9(6-18)5-10(12)17(19)20/h3-5,18H,6-7H2,1-2H3. The van der Waals surface area contributed by atoms with Crippen LogP contribution in [0.5, 0.6) is 5.75 Å². The number of rotatable bonds is 5. The summed E-state index contributed by atoms with van der Waals surface area (Å²) in [4.78, 5) is 10.5. The number of aliphatic hydroxyl groups excluding tert-OH is 1. The fourth-order valence-electron chi connectivity index (χ4n) is 1.91. The van der Waals surface area contributed by atoms with Gasteiger partial charge in [0.15, 0.2) is 5.75 Å². The smallest absolute Gasteiger partial charge is 0.311 e. The average molecular weight is 356 g/mol. The van der Waals surface area contributed by atoms with Gasteiger partial charge < -0.3 is 9.84 Å². The highest BCUT2D eigenvalue weighted by Crippen LogP contribution is 2.30. The van der Waals surface area contributed by atoms with Crippen LogP contribution >= 0.6 is 15.9 Å². The molecule has 0 aliphatic heterocycles. The third kappa shape index (κ3) is 3.22. The number of nitro benzene ring substituents is 1. The Kier molecular flexibility index (Phi) is 4.59.